The SMILES string of the molecule is CC(C)NC1CN(c2ncc3c4c(c(-c5ncc(F)c6sc(N)c(C#N)c56)c(F)c3n2)COC4)CC1(C)O. The van der Waals surface area contributed by atoms with E-state index in [1.165, 1.54) is 0 Å². The third-order valence-corrected chi connectivity index (χ3v) is 8.24. The summed E-state index contributed by atoms with van der Waals surface area (Å²) in [7, 11) is 0. The van der Waals surface area contributed by atoms with E-state index >= 15 is 4.39 Å². The molecule has 2 aliphatic rings. The van der Waals surface area contributed by atoms with Crippen LogP contribution in [0.3, 0.4) is 0 Å². The summed E-state index contributed by atoms with van der Waals surface area (Å²) in [4.78, 5) is 15.2. The molecule has 38 heavy (non-hydrogen) atoms. The van der Waals surface area contributed by atoms with Gasteiger partial charge in [0.15, 0.2) is 11.6 Å². The van der Waals surface area contributed by atoms with Crippen molar-refractivity contribution in [2.75, 3.05) is 23.7 Å². The number of rotatable bonds is 4. The molecule has 9 nitrogen and oxygen atoms in total. The number of nitriles is 1. The highest BCUT2D eigenvalue weighted by Gasteiger charge is 2.43. The number of hydrogen-bond donors (Lipinski definition) is 3. The van der Waals surface area contributed by atoms with E-state index in [-0.39, 0.29) is 75.2 Å². The van der Waals surface area contributed by atoms with E-state index < -0.39 is 17.2 Å². The van der Waals surface area contributed by atoms with Gasteiger partial charge >= 0.3 is 0 Å². The molecule has 0 spiro atoms. The number of nitrogens with one attached hydrogen (secondary N) is 1. The molecule has 2 unspecified atom stereocenters. The van der Waals surface area contributed by atoms with Crippen molar-refractivity contribution in [1.29, 1.82) is 5.26 Å². The Hall–Kier alpha value is -3.50. The molecule has 196 valence electrons. The van der Waals surface area contributed by atoms with Gasteiger partial charge in [0.25, 0.3) is 0 Å². The van der Waals surface area contributed by atoms with E-state index in [2.05, 4.69) is 20.3 Å². The number of nitrogens with zero attached hydrogens (tertiary/aromatic N) is 5. The zero-order valence-corrected chi connectivity index (χ0v) is 21.8. The fourth-order valence-electron chi connectivity index (χ4n) is 5.46. The quantitative estimate of drug-likeness (QED) is 0.357. The maximum atomic E-state index is 16.5. The van der Waals surface area contributed by atoms with Crippen LogP contribution in [0, 0.1) is 23.0 Å². The van der Waals surface area contributed by atoms with Crippen molar-refractivity contribution in [2.45, 2.75) is 51.7 Å². The Kier molecular flexibility index (Phi) is 5.73. The molecular weight excluding hydrogens is 512 g/mol. The number of nitrogens with two attached hydrogens (primary N) is 1. The molecule has 0 bridgehead atoms. The van der Waals surface area contributed by atoms with Crippen LogP contribution in [-0.2, 0) is 18.0 Å². The predicted octanol–water partition coefficient (Wildman–Crippen LogP) is 3.61. The summed E-state index contributed by atoms with van der Waals surface area (Å²) in [5, 5.41) is 24.9. The first-order valence-electron chi connectivity index (χ1n) is 12.2. The molecular formula is C26H25F2N7O2S. The highest BCUT2D eigenvalue weighted by atomic mass is 32.1. The molecule has 4 N–H and O–H groups in total. The molecule has 12 heteroatoms. The van der Waals surface area contributed by atoms with Gasteiger partial charge in [-0.15, -0.1) is 11.3 Å². The largest absolute Gasteiger partial charge is 0.389 e. The topological polar surface area (TPSA) is 133 Å². The molecule has 2 aliphatic heterocycles. The lowest BCUT2D eigenvalue weighted by molar-refractivity contribution is 0.0518. The summed E-state index contributed by atoms with van der Waals surface area (Å²) < 4.78 is 37.0. The number of halogens is 2. The molecule has 2 atom stereocenters. The maximum Gasteiger partial charge on any atom is 0.226 e. The maximum absolute atomic E-state index is 16.5. The van der Waals surface area contributed by atoms with E-state index in [1.54, 1.807) is 13.1 Å². The van der Waals surface area contributed by atoms with Crippen LogP contribution >= 0.6 is 11.3 Å². The van der Waals surface area contributed by atoms with Gasteiger partial charge in [0.05, 0.1) is 53.6 Å². The van der Waals surface area contributed by atoms with Crippen molar-refractivity contribution in [3.05, 3.63) is 40.7 Å². The van der Waals surface area contributed by atoms with Crippen LogP contribution in [0.5, 0.6) is 0 Å². The van der Waals surface area contributed by atoms with E-state index in [9.17, 15) is 14.8 Å². The molecule has 1 fully saturated rings. The van der Waals surface area contributed by atoms with Gasteiger partial charge in [-0.25, -0.2) is 18.7 Å². The Bertz CT molecular complexity index is 1660. The smallest absolute Gasteiger partial charge is 0.226 e. The van der Waals surface area contributed by atoms with E-state index in [4.69, 9.17) is 10.5 Å². The summed E-state index contributed by atoms with van der Waals surface area (Å²) >= 11 is 0.929. The Morgan fingerprint density at radius 2 is 2.05 bits per heavy atom. The summed E-state index contributed by atoms with van der Waals surface area (Å²) in [6.07, 6.45) is 2.59. The van der Waals surface area contributed by atoms with Crippen molar-refractivity contribution >= 4 is 43.3 Å². The number of aliphatic hydroxyl groups is 1. The number of ether oxygens (including phenoxy) is 1. The minimum atomic E-state index is -1.03. The van der Waals surface area contributed by atoms with Crippen molar-refractivity contribution in [3.63, 3.8) is 0 Å². The first-order chi connectivity index (χ1) is 18.1. The summed E-state index contributed by atoms with van der Waals surface area (Å²) in [6.45, 7) is 6.82. The summed E-state index contributed by atoms with van der Waals surface area (Å²) in [5.74, 6) is -1.01. The van der Waals surface area contributed by atoms with Crippen LogP contribution in [0.4, 0.5) is 19.7 Å². The van der Waals surface area contributed by atoms with Crippen LogP contribution in [0.1, 0.15) is 37.5 Å². The second-order valence-electron chi connectivity index (χ2n) is 10.3. The molecule has 5 heterocycles. The number of pyridine rings is 1. The summed E-state index contributed by atoms with van der Waals surface area (Å²) in [6, 6.07) is 1.96. The molecule has 0 aliphatic carbocycles. The minimum Gasteiger partial charge on any atom is -0.389 e. The fraction of sp³-hybridized carbons (Fsp3) is 0.385. The van der Waals surface area contributed by atoms with E-state index in [1.807, 2.05) is 24.8 Å². The average molecular weight is 538 g/mol. The van der Waals surface area contributed by atoms with E-state index in [0.29, 0.717) is 17.5 Å². The fourth-order valence-corrected chi connectivity index (χ4v) is 6.38. The van der Waals surface area contributed by atoms with Crippen molar-refractivity contribution in [1.82, 2.24) is 20.3 Å². The van der Waals surface area contributed by atoms with Crippen molar-refractivity contribution in [3.8, 4) is 17.3 Å². The lowest BCUT2D eigenvalue weighted by Crippen LogP contribution is -2.50. The van der Waals surface area contributed by atoms with Crippen LogP contribution in [-0.4, -0.2) is 50.8 Å². The average Bonchev–Trinajstić information content (AvgIpc) is 3.56. The summed E-state index contributed by atoms with van der Waals surface area (Å²) in [5.41, 5.74) is 6.61. The van der Waals surface area contributed by atoms with Gasteiger partial charge in [0.1, 0.15) is 16.6 Å². The van der Waals surface area contributed by atoms with Crippen molar-refractivity contribution < 1.29 is 18.6 Å². The van der Waals surface area contributed by atoms with E-state index in [0.717, 1.165) is 23.1 Å². The highest BCUT2D eigenvalue weighted by Crippen LogP contribution is 2.45. The second-order valence-corrected chi connectivity index (χ2v) is 11.3. The van der Waals surface area contributed by atoms with Crippen LogP contribution in [0.25, 0.3) is 32.2 Å². The number of aromatic nitrogens is 3. The normalized spacial score (nSPS) is 21.1. The molecule has 3 aromatic heterocycles. The minimum absolute atomic E-state index is 0.0607. The Morgan fingerprint density at radius 1 is 1.29 bits per heavy atom. The molecule has 6 rings (SSSR count). The molecule has 1 saturated heterocycles. The molecule has 0 amide bonds. The lowest BCUT2D eigenvalue weighted by Gasteiger charge is -2.26. The van der Waals surface area contributed by atoms with Crippen LogP contribution in [0.15, 0.2) is 12.4 Å². The zero-order chi connectivity index (χ0) is 26.9. The monoisotopic (exact) mass is 537 g/mol. The third-order valence-electron chi connectivity index (χ3n) is 7.21. The standard InChI is InChI=1S/C26H25F2N7O2S/c1-11(2)33-17-7-35(10-26(17,3)36)25-32-5-13-14-8-37-9-15(14)18(20(28)21(13)34-25)22-19-12(4-29)24(30)38-23(19)16(27)6-31-22/h5-6,11,17,33,36H,7-10,30H2,1-3H3. The molecule has 0 radical (unpaired) electrons. The van der Waals surface area contributed by atoms with Gasteiger partial charge < -0.3 is 25.8 Å². The molecule has 0 saturated carbocycles. The van der Waals surface area contributed by atoms with Crippen molar-refractivity contribution in [2.24, 2.45) is 0 Å². The van der Waals surface area contributed by atoms with Gasteiger partial charge in [-0.2, -0.15) is 5.26 Å². The Balaban J connectivity index is 1.56. The molecule has 4 aromatic rings. The van der Waals surface area contributed by atoms with Gasteiger partial charge in [0.2, 0.25) is 5.95 Å². The number of benzene rings is 1. The Morgan fingerprint density at radius 3 is 2.79 bits per heavy atom. The molecule has 1 aromatic carbocycles. The first kappa shape index (κ1) is 24.8. The van der Waals surface area contributed by atoms with Gasteiger partial charge in [-0.05, 0) is 18.1 Å². The number of nitrogen functional groups attached to an aromatic ring is 1. The number of fused-ring (bicyclic) bond motifs is 4. The second kappa shape index (κ2) is 8.78. The zero-order valence-electron chi connectivity index (χ0n) is 21.0. The number of β-amino-alcohol motifs (C(OH)–C–C–N with tert-alkyl or cyclic N) is 1. The Labute approximate surface area is 220 Å². The third kappa shape index (κ3) is 3.69. The lowest BCUT2D eigenvalue weighted by atomic mass is 9.94. The van der Waals surface area contributed by atoms with Gasteiger partial charge in [-0.3, -0.25) is 4.98 Å². The predicted molar refractivity (Wildman–Crippen MR) is 141 cm³/mol. The number of anilines is 2. The van der Waals surface area contributed by atoms with Crippen LogP contribution < -0.4 is 16.0 Å². The highest BCUT2D eigenvalue weighted by molar-refractivity contribution is 7.23. The first-order valence-corrected chi connectivity index (χ1v) is 13.0. The van der Waals surface area contributed by atoms with Gasteiger partial charge in [-0.1, -0.05) is 13.8 Å². The number of thiophene rings is 1. The van der Waals surface area contributed by atoms with Crippen LogP contribution in [0.2, 0.25) is 0 Å². The number of hydrogen-bond acceptors (Lipinski definition) is 10. The van der Waals surface area contributed by atoms with Gasteiger partial charge in [0, 0.05) is 35.1 Å².